The van der Waals surface area contributed by atoms with Gasteiger partial charge in [0.05, 0.1) is 11.6 Å². The molecule has 0 bridgehead atoms. The van der Waals surface area contributed by atoms with Gasteiger partial charge in [-0.3, -0.25) is 4.79 Å². The van der Waals surface area contributed by atoms with E-state index in [0.717, 1.165) is 13.1 Å². The fourth-order valence-corrected chi connectivity index (χ4v) is 1.52. The number of carbonyl (C=O) groups is 1. The van der Waals surface area contributed by atoms with Crippen molar-refractivity contribution in [2.45, 2.75) is 25.5 Å². The van der Waals surface area contributed by atoms with E-state index in [4.69, 9.17) is 4.74 Å². The Morgan fingerprint density at radius 2 is 2.41 bits per heavy atom. The zero-order valence-electron chi connectivity index (χ0n) is 9.86. The number of ether oxygens (including phenoxy) is 1. The molecular formula is C9H16N6O2. The fraction of sp³-hybridized carbons (Fsp3) is 0.778. The molecule has 1 fully saturated rings. The first-order valence-corrected chi connectivity index (χ1v) is 5.46. The number of hydrogen-bond donors (Lipinski definition) is 3. The van der Waals surface area contributed by atoms with Crippen molar-refractivity contribution in [3.05, 3.63) is 5.82 Å². The molecule has 8 nitrogen and oxygen atoms in total. The van der Waals surface area contributed by atoms with Crippen LogP contribution in [0.25, 0.3) is 0 Å². The molecule has 1 saturated heterocycles. The number of nitrogens with zero attached hydrogens (tertiary/aromatic N) is 3. The standard InChI is InChI=1S/C9H16N6O2/c1-6(8-12-14-15-13-8)11-7(16)3-17-9(2)4-10-5-9/h6,10H,3-5H2,1-2H3,(H,11,16)(H,12,13,14,15). The van der Waals surface area contributed by atoms with Gasteiger partial charge in [0.1, 0.15) is 6.61 Å². The van der Waals surface area contributed by atoms with E-state index in [0.29, 0.717) is 5.82 Å². The molecule has 0 radical (unpaired) electrons. The summed E-state index contributed by atoms with van der Waals surface area (Å²) in [5, 5.41) is 19.2. The molecule has 0 saturated carbocycles. The second kappa shape index (κ2) is 4.76. The predicted molar refractivity (Wildman–Crippen MR) is 58.0 cm³/mol. The maximum atomic E-state index is 11.6. The summed E-state index contributed by atoms with van der Waals surface area (Å²) in [6.45, 7) is 5.36. The number of nitrogens with one attached hydrogen (secondary N) is 3. The van der Waals surface area contributed by atoms with Crippen LogP contribution >= 0.6 is 0 Å². The van der Waals surface area contributed by atoms with Crippen molar-refractivity contribution >= 4 is 5.91 Å². The smallest absolute Gasteiger partial charge is 0.246 e. The summed E-state index contributed by atoms with van der Waals surface area (Å²) in [6.07, 6.45) is 0. The Kier molecular flexibility index (Phi) is 3.34. The molecule has 1 amide bonds. The highest BCUT2D eigenvalue weighted by Gasteiger charge is 2.33. The first-order valence-electron chi connectivity index (χ1n) is 5.46. The Morgan fingerprint density at radius 3 is 2.94 bits per heavy atom. The second-order valence-corrected chi connectivity index (χ2v) is 4.40. The first kappa shape index (κ1) is 11.9. The van der Waals surface area contributed by atoms with E-state index in [1.807, 2.05) is 6.92 Å². The van der Waals surface area contributed by atoms with Crippen LogP contribution in [0.15, 0.2) is 0 Å². The number of aromatic nitrogens is 4. The quantitative estimate of drug-likeness (QED) is 0.594. The Balaban J connectivity index is 1.73. The molecule has 2 heterocycles. The van der Waals surface area contributed by atoms with Crippen LogP contribution in [0.4, 0.5) is 0 Å². The summed E-state index contributed by atoms with van der Waals surface area (Å²) in [5.41, 5.74) is -0.216. The molecule has 1 aromatic rings. The van der Waals surface area contributed by atoms with Gasteiger partial charge >= 0.3 is 0 Å². The van der Waals surface area contributed by atoms with Crippen molar-refractivity contribution in [2.75, 3.05) is 19.7 Å². The Morgan fingerprint density at radius 1 is 1.65 bits per heavy atom. The van der Waals surface area contributed by atoms with Gasteiger partial charge < -0.3 is 15.4 Å². The van der Waals surface area contributed by atoms with Gasteiger partial charge in [0, 0.05) is 13.1 Å². The highest BCUT2D eigenvalue weighted by molar-refractivity contribution is 5.77. The number of carbonyl (C=O) groups excluding carboxylic acids is 1. The molecule has 3 N–H and O–H groups in total. The number of hydrogen-bond acceptors (Lipinski definition) is 6. The van der Waals surface area contributed by atoms with Gasteiger partial charge in [-0.25, -0.2) is 0 Å². The average Bonchev–Trinajstić information content (AvgIpc) is 2.77. The highest BCUT2D eigenvalue weighted by Crippen LogP contribution is 2.14. The SMILES string of the molecule is CC(NC(=O)COC1(C)CNC1)c1nn[nH]n1. The lowest BCUT2D eigenvalue weighted by atomic mass is 10.0. The maximum absolute atomic E-state index is 11.6. The number of amides is 1. The number of rotatable bonds is 5. The van der Waals surface area contributed by atoms with E-state index in [-0.39, 0.29) is 24.2 Å². The largest absolute Gasteiger partial charge is 0.363 e. The van der Waals surface area contributed by atoms with E-state index in [2.05, 4.69) is 31.3 Å². The lowest BCUT2D eigenvalue weighted by Crippen LogP contribution is -2.59. The summed E-state index contributed by atoms with van der Waals surface area (Å²) in [5.74, 6) is 0.269. The van der Waals surface area contributed by atoms with Gasteiger partial charge in [0.15, 0.2) is 5.82 Å². The summed E-state index contributed by atoms with van der Waals surface area (Å²) < 4.78 is 5.51. The average molecular weight is 240 g/mol. The summed E-state index contributed by atoms with van der Waals surface area (Å²) in [6, 6.07) is -0.280. The molecular weight excluding hydrogens is 224 g/mol. The van der Waals surface area contributed by atoms with Crippen molar-refractivity contribution in [3.63, 3.8) is 0 Å². The Bertz CT molecular complexity index is 375. The Labute approximate surface area is 98.5 Å². The van der Waals surface area contributed by atoms with Crippen molar-refractivity contribution in [1.29, 1.82) is 0 Å². The van der Waals surface area contributed by atoms with Gasteiger partial charge in [0.25, 0.3) is 0 Å². The summed E-state index contributed by atoms with van der Waals surface area (Å²) in [4.78, 5) is 11.6. The molecule has 8 heteroatoms. The zero-order valence-corrected chi connectivity index (χ0v) is 9.86. The lowest BCUT2D eigenvalue weighted by Gasteiger charge is -2.38. The molecule has 1 aromatic heterocycles. The summed E-state index contributed by atoms with van der Waals surface area (Å²) >= 11 is 0. The molecule has 2 rings (SSSR count). The minimum absolute atomic E-state index is 0.0420. The van der Waals surface area contributed by atoms with Crippen molar-refractivity contribution in [2.24, 2.45) is 0 Å². The number of aromatic amines is 1. The molecule has 1 aliphatic rings. The first-order chi connectivity index (χ1) is 8.09. The monoisotopic (exact) mass is 240 g/mol. The van der Waals surface area contributed by atoms with E-state index in [9.17, 15) is 4.79 Å². The van der Waals surface area contributed by atoms with Crippen molar-refractivity contribution in [1.82, 2.24) is 31.3 Å². The van der Waals surface area contributed by atoms with Crippen LogP contribution in [0.3, 0.4) is 0 Å². The molecule has 1 unspecified atom stereocenters. The van der Waals surface area contributed by atoms with E-state index in [1.165, 1.54) is 0 Å². The molecule has 94 valence electrons. The van der Waals surface area contributed by atoms with Crippen LogP contribution < -0.4 is 10.6 Å². The van der Waals surface area contributed by atoms with E-state index >= 15 is 0 Å². The van der Waals surface area contributed by atoms with E-state index < -0.39 is 0 Å². The van der Waals surface area contributed by atoms with Crippen LogP contribution in [0.5, 0.6) is 0 Å². The second-order valence-electron chi connectivity index (χ2n) is 4.40. The van der Waals surface area contributed by atoms with Crippen LogP contribution in [0, 0.1) is 0 Å². The predicted octanol–water partition coefficient (Wildman–Crippen LogP) is -1.24. The maximum Gasteiger partial charge on any atom is 0.246 e. The number of tetrazole rings is 1. The van der Waals surface area contributed by atoms with Gasteiger partial charge in [-0.05, 0) is 13.8 Å². The third kappa shape index (κ3) is 2.98. The zero-order chi connectivity index (χ0) is 12.3. The van der Waals surface area contributed by atoms with Crippen LogP contribution in [0.1, 0.15) is 25.7 Å². The number of H-pyrrole nitrogens is 1. The molecule has 1 atom stereocenters. The van der Waals surface area contributed by atoms with Crippen LogP contribution in [0.2, 0.25) is 0 Å². The third-order valence-corrected chi connectivity index (χ3v) is 2.68. The third-order valence-electron chi connectivity index (χ3n) is 2.68. The topological polar surface area (TPSA) is 105 Å². The highest BCUT2D eigenvalue weighted by atomic mass is 16.5. The van der Waals surface area contributed by atoms with Gasteiger partial charge in [-0.15, -0.1) is 10.2 Å². The van der Waals surface area contributed by atoms with Crippen LogP contribution in [-0.4, -0.2) is 51.8 Å². The van der Waals surface area contributed by atoms with E-state index in [1.54, 1.807) is 6.92 Å². The minimum Gasteiger partial charge on any atom is -0.363 e. The molecule has 1 aliphatic heterocycles. The molecule has 0 aliphatic carbocycles. The Hall–Kier alpha value is -1.54. The fourth-order valence-electron chi connectivity index (χ4n) is 1.52. The normalized spacial score (nSPS) is 19.4. The molecule has 0 aromatic carbocycles. The minimum atomic E-state index is -0.280. The lowest BCUT2D eigenvalue weighted by molar-refractivity contribution is -0.136. The van der Waals surface area contributed by atoms with Crippen molar-refractivity contribution < 1.29 is 9.53 Å². The molecule has 17 heavy (non-hydrogen) atoms. The van der Waals surface area contributed by atoms with Gasteiger partial charge in [-0.1, -0.05) is 5.21 Å². The summed E-state index contributed by atoms with van der Waals surface area (Å²) in [7, 11) is 0. The van der Waals surface area contributed by atoms with Gasteiger partial charge in [0.2, 0.25) is 5.91 Å². The van der Waals surface area contributed by atoms with Crippen LogP contribution in [-0.2, 0) is 9.53 Å². The molecule has 0 spiro atoms. The van der Waals surface area contributed by atoms with Crippen molar-refractivity contribution in [3.8, 4) is 0 Å². The van der Waals surface area contributed by atoms with Gasteiger partial charge in [-0.2, -0.15) is 5.21 Å².